The average Bonchev–Trinajstić information content (AvgIpc) is 3.22. The number of hydrogen-bond donors (Lipinski definition) is 3. The van der Waals surface area contributed by atoms with Gasteiger partial charge in [0.25, 0.3) is 0 Å². The van der Waals surface area contributed by atoms with Crippen LogP contribution in [0, 0.1) is 0 Å². The lowest BCUT2D eigenvalue weighted by molar-refractivity contribution is -0.151. The lowest BCUT2D eigenvalue weighted by atomic mass is 10.0. The third-order valence-electron chi connectivity index (χ3n) is 10.3. The van der Waals surface area contributed by atoms with Crippen LogP contribution >= 0.6 is 0 Å². The van der Waals surface area contributed by atoms with E-state index >= 15 is 0 Å². The summed E-state index contributed by atoms with van der Waals surface area (Å²) in [4.78, 5) is 26.0. The zero-order valence-corrected chi connectivity index (χ0v) is 37.6. The van der Waals surface area contributed by atoms with Crippen molar-refractivity contribution >= 4 is 11.9 Å². The molecular formula is C52H89NO5. The lowest BCUT2D eigenvalue weighted by Crippen LogP contribution is -2.46. The monoisotopic (exact) mass is 808 g/mol. The molecule has 0 aliphatic carbocycles. The molecule has 0 aromatic heterocycles. The van der Waals surface area contributed by atoms with Crippen LogP contribution in [0.5, 0.6) is 0 Å². The fraction of sp³-hybridized carbons (Fsp3) is 0.692. The van der Waals surface area contributed by atoms with Crippen LogP contribution in [0.1, 0.15) is 207 Å². The second-order valence-corrected chi connectivity index (χ2v) is 15.8. The third kappa shape index (κ3) is 39.8. The molecule has 6 nitrogen and oxygen atoms in total. The number of carbonyl (C=O) groups is 2. The standard InChI is InChI=1S/C52H89NO5/c1-4-7-10-13-16-19-22-25-27-28-31-34-37-40-43-48(58-52(57)45-42-39-36-33-30-26-23-20-17-14-11-8-5-2)46-51(56)53-49(47-54)50(55)44-41-38-35-32-29-24-21-18-15-12-9-6-3/h7-8,10-11,14,16-17,19-20,23,25,27,31,34,48-50,54-55H,4-6,9,12-13,15,18,21-22,24,26,28-30,32-33,35-47H2,1-3H3,(H,53,56)/b10-7+,11-8+,17-14+,19-16+,23-20-,27-25+,34-31+. The minimum Gasteiger partial charge on any atom is -0.462 e. The first-order chi connectivity index (χ1) is 28.5. The molecule has 58 heavy (non-hydrogen) atoms. The van der Waals surface area contributed by atoms with E-state index in [1.807, 2.05) is 0 Å². The first-order valence-corrected chi connectivity index (χ1v) is 23.8. The van der Waals surface area contributed by atoms with Crippen LogP contribution < -0.4 is 5.32 Å². The number of rotatable bonds is 41. The van der Waals surface area contributed by atoms with Gasteiger partial charge in [0.1, 0.15) is 6.10 Å². The molecule has 0 aromatic carbocycles. The van der Waals surface area contributed by atoms with Crippen molar-refractivity contribution in [3.63, 3.8) is 0 Å². The normalized spacial score (nSPS) is 14.1. The predicted molar refractivity (Wildman–Crippen MR) is 250 cm³/mol. The van der Waals surface area contributed by atoms with Crippen LogP contribution in [0.15, 0.2) is 85.1 Å². The molecule has 0 fully saturated rings. The lowest BCUT2D eigenvalue weighted by Gasteiger charge is -2.24. The Morgan fingerprint density at radius 1 is 0.534 bits per heavy atom. The van der Waals surface area contributed by atoms with E-state index in [-0.39, 0.29) is 24.9 Å². The number of esters is 1. The SMILES string of the molecule is CC/C=C/C=C/C=C\CCCCCCCC(=O)OC(CCC/C=C/C/C=C/C/C=C/C/C=C/CC)CC(=O)NC(CO)C(O)CCCCCCCCCCCCCC. The van der Waals surface area contributed by atoms with E-state index in [1.165, 1.54) is 57.8 Å². The Morgan fingerprint density at radius 2 is 1.03 bits per heavy atom. The van der Waals surface area contributed by atoms with Crippen LogP contribution in [0.4, 0.5) is 0 Å². The maximum Gasteiger partial charge on any atom is 0.306 e. The highest BCUT2D eigenvalue weighted by atomic mass is 16.5. The first kappa shape index (κ1) is 55.0. The molecule has 3 unspecified atom stereocenters. The summed E-state index contributed by atoms with van der Waals surface area (Å²) < 4.78 is 5.88. The first-order valence-electron chi connectivity index (χ1n) is 23.8. The second-order valence-electron chi connectivity index (χ2n) is 15.8. The highest BCUT2D eigenvalue weighted by molar-refractivity contribution is 5.77. The Hall–Kier alpha value is -2.96. The number of hydrogen-bond acceptors (Lipinski definition) is 5. The topological polar surface area (TPSA) is 95.9 Å². The second kappa shape index (κ2) is 45.1. The molecule has 0 rings (SSSR count). The minimum absolute atomic E-state index is 0.0271. The number of aliphatic hydroxyl groups excluding tert-OH is 2. The number of amides is 1. The molecule has 0 radical (unpaired) electrons. The number of aliphatic hydroxyl groups is 2. The van der Waals surface area contributed by atoms with Crippen molar-refractivity contribution in [2.75, 3.05) is 6.61 Å². The van der Waals surface area contributed by atoms with Gasteiger partial charge < -0.3 is 20.3 Å². The molecule has 0 aliphatic heterocycles. The van der Waals surface area contributed by atoms with Crippen LogP contribution in [-0.2, 0) is 14.3 Å². The molecule has 0 aromatic rings. The summed E-state index contributed by atoms with van der Waals surface area (Å²) in [7, 11) is 0. The van der Waals surface area contributed by atoms with Gasteiger partial charge in [-0.05, 0) is 77.0 Å². The van der Waals surface area contributed by atoms with Gasteiger partial charge in [-0.2, -0.15) is 0 Å². The Morgan fingerprint density at radius 3 is 1.62 bits per heavy atom. The number of allylic oxidation sites excluding steroid dienone is 14. The summed E-state index contributed by atoms with van der Waals surface area (Å²) in [5.41, 5.74) is 0. The maximum absolute atomic E-state index is 13.2. The van der Waals surface area contributed by atoms with E-state index in [2.05, 4.69) is 111 Å². The largest absolute Gasteiger partial charge is 0.462 e. The van der Waals surface area contributed by atoms with Crippen molar-refractivity contribution in [1.29, 1.82) is 0 Å². The van der Waals surface area contributed by atoms with Crippen molar-refractivity contribution in [3.05, 3.63) is 85.1 Å². The summed E-state index contributed by atoms with van der Waals surface area (Å²) in [6, 6.07) is -0.726. The molecule has 3 atom stereocenters. The van der Waals surface area contributed by atoms with E-state index in [0.29, 0.717) is 19.3 Å². The third-order valence-corrected chi connectivity index (χ3v) is 10.3. The smallest absolute Gasteiger partial charge is 0.306 e. The van der Waals surface area contributed by atoms with Crippen molar-refractivity contribution in [2.45, 2.75) is 225 Å². The Labute approximate surface area is 357 Å². The predicted octanol–water partition coefficient (Wildman–Crippen LogP) is 14.0. The van der Waals surface area contributed by atoms with Gasteiger partial charge in [0, 0.05) is 6.42 Å². The zero-order valence-electron chi connectivity index (χ0n) is 37.6. The summed E-state index contributed by atoms with van der Waals surface area (Å²) in [6.07, 6.45) is 57.8. The quantitative estimate of drug-likeness (QED) is 0.0247. The van der Waals surface area contributed by atoms with Crippen LogP contribution in [0.25, 0.3) is 0 Å². The van der Waals surface area contributed by atoms with Crippen molar-refractivity contribution < 1.29 is 24.5 Å². The van der Waals surface area contributed by atoms with E-state index < -0.39 is 18.2 Å². The van der Waals surface area contributed by atoms with Crippen molar-refractivity contribution in [3.8, 4) is 0 Å². The molecule has 332 valence electrons. The fourth-order valence-corrected chi connectivity index (χ4v) is 6.72. The van der Waals surface area contributed by atoms with Gasteiger partial charge in [0.15, 0.2) is 0 Å². The van der Waals surface area contributed by atoms with Gasteiger partial charge in [0.2, 0.25) is 5.91 Å². The highest BCUT2D eigenvalue weighted by Gasteiger charge is 2.24. The van der Waals surface area contributed by atoms with Crippen LogP contribution in [0.2, 0.25) is 0 Å². The van der Waals surface area contributed by atoms with Gasteiger partial charge in [-0.25, -0.2) is 0 Å². The molecule has 0 saturated heterocycles. The maximum atomic E-state index is 13.2. The van der Waals surface area contributed by atoms with Crippen molar-refractivity contribution in [1.82, 2.24) is 5.32 Å². The number of unbranched alkanes of at least 4 members (excludes halogenated alkanes) is 17. The Bertz CT molecular complexity index is 1130. The number of ether oxygens (including phenoxy) is 1. The van der Waals surface area contributed by atoms with E-state index in [9.17, 15) is 19.8 Å². The highest BCUT2D eigenvalue weighted by Crippen LogP contribution is 2.16. The average molecular weight is 808 g/mol. The van der Waals surface area contributed by atoms with Gasteiger partial charge in [-0.1, -0.05) is 202 Å². The minimum atomic E-state index is -0.808. The van der Waals surface area contributed by atoms with Gasteiger partial charge in [-0.3, -0.25) is 9.59 Å². The molecule has 0 aliphatic rings. The van der Waals surface area contributed by atoms with E-state index in [1.54, 1.807) is 0 Å². The fourth-order valence-electron chi connectivity index (χ4n) is 6.72. The summed E-state index contributed by atoms with van der Waals surface area (Å²) >= 11 is 0. The molecule has 0 heterocycles. The van der Waals surface area contributed by atoms with Crippen LogP contribution in [-0.4, -0.2) is 46.9 Å². The number of nitrogens with one attached hydrogen (secondary N) is 1. The van der Waals surface area contributed by atoms with Gasteiger partial charge >= 0.3 is 5.97 Å². The summed E-state index contributed by atoms with van der Waals surface area (Å²) in [5, 5.41) is 23.7. The molecule has 6 heteroatoms. The molecule has 0 saturated carbocycles. The zero-order chi connectivity index (χ0) is 42.4. The van der Waals surface area contributed by atoms with Crippen LogP contribution in [0.3, 0.4) is 0 Å². The summed E-state index contributed by atoms with van der Waals surface area (Å²) in [6.45, 7) is 6.20. The molecule has 1 amide bonds. The Balaban J connectivity index is 4.74. The molecule has 0 spiro atoms. The van der Waals surface area contributed by atoms with E-state index in [0.717, 1.165) is 103 Å². The summed E-state index contributed by atoms with van der Waals surface area (Å²) in [5.74, 6) is -0.560. The van der Waals surface area contributed by atoms with E-state index in [4.69, 9.17) is 4.74 Å². The van der Waals surface area contributed by atoms with Gasteiger partial charge in [0.05, 0.1) is 25.2 Å². The Kier molecular flexibility index (Phi) is 42.8. The molecule has 0 bridgehead atoms. The van der Waals surface area contributed by atoms with Crippen molar-refractivity contribution in [2.24, 2.45) is 0 Å². The van der Waals surface area contributed by atoms with Gasteiger partial charge in [-0.15, -0.1) is 0 Å². The molecule has 3 N–H and O–H groups in total. The number of carbonyl (C=O) groups excluding carboxylic acids is 2. The molecular weight excluding hydrogens is 719 g/mol.